The van der Waals surface area contributed by atoms with Gasteiger partial charge in [0.1, 0.15) is 0 Å². The lowest BCUT2D eigenvalue weighted by Crippen LogP contribution is -2.44. The van der Waals surface area contributed by atoms with Gasteiger partial charge in [-0.3, -0.25) is 0 Å². The smallest absolute Gasteiger partial charge is 0.211 e. The van der Waals surface area contributed by atoms with E-state index in [1.807, 2.05) is 0 Å². The molecule has 1 aliphatic heterocycles. The Morgan fingerprint density at radius 3 is 2.45 bits per heavy atom. The Balaban J connectivity index is 1.66. The molecule has 20 heavy (non-hydrogen) atoms. The third-order valence-corrected chi connectivity index (χ3v) is 7.00. The van der Waals surface area contributed by atoms with E-state index in [-0.39, 0.29) is 17.3 Å². The van der Waals surface area contributed by atoms with E-state index in [2.05, 4.69) is 10.0 Å². The fourth-order valence-corrected chi connectivity index (χ4v) is 5.59. The van der Waals surface area contributed by atoms with Crippen LogP contribution in [0.25, 0.3) is 0 Å². The second-order valence-corrected chi connectivity index (χ2v) is 9.93. The quantitative estimate of drug-likeness (QED) is 0.614. The number of hydrogen-bond donors (Lipinski definition) is 2. The van der Waals surface area contributed by atoms with Crippen LogP contribution in [0.3, 0.4) is 0 Å². The summed E-state index contributed by atoms with van der Waals surface area (Å²) in [5.41, 5.74) is 0. The molecule has 0 aromatic carbocycles. The zero-order valence-electron chi connectivity index (χ0n) is 11.7. The van der Waals surface area contributed by atoms with Crippen LogP contribution in [0.1, 0.15) is 38.5 Å². The Morgan fingerprint density at radius 1 is 1.05 bits per heavy atom. The minimum absolute atomic E-state index is 0.0601. The molecule has 0 spiro atoms. The average molecular weight is 324 g/mol. The SMILES string of the molecule is O=S1(=O)CCCC(NS(=O)(=O)CCCCNC2CC2)C1. The first-order chi connectivity index (χ1) is 9.36. The first kappa shape index (κ1) is 16.2. The van der Waals surface area contributed by atoms with Gasteiger partial charge in [-0.2, -0.15) is 0 Å². The van der Waals surface area contributed by atoms with Crippen molar-refractivity contribution in [3.63, 3.8) is 0 Å². The summed E-state index contributed by atoms with van der Waals surface area (Å²) in [5, 5.41) is 3.34. The molecular weight excluding hydrogens is 300 g/mol. The van der Waals surface area contributed by atoms with E-state index in [1.165, 1.54) is 12.8 Å². The van der Waals surface area contributed by atoms with Crippen LogP contribution in [0, 0.1) is 0 Å². The van der Waals surface area contributed by atoms with Crippen molar-refractivity contribution in [3.8, 4) is 0 Å². The molecule has 8 heteroatoms. The van der Waals surface area contributed by atoms with Crippen LogP contribution in [0.2, 0.25) is 0 Å². The summed E-state index contributed by atoms with van der Waals surface area (Å²) in [4.78, 5) is 0. The predicted molar refractivity (Wildman–Crippen MR) is 78.9 cm³/mol. The fraction of sp³-hybridized carbons (Fsp3) is 1.00. The van der Waals surface area contributed by atoms with Gasteiger partial charge in [0.15, 0.2) is 9.84 Å². The molecule has 0 radical (unpaired) electrons. The van der Waals surface area contributed by atoms with E-state index in [9.17, 15) is 16.8 Å². The van der Waals surface area contributed by atoms with Gasteiger partial charge < -0.3 is 5.32 Å². The molecule has 0 aromatic heterocycles. The zero-order valence-corrected chi connectivity index (χ0v) is 13.3. The summed E-state index contributed by atoms with van der Waals surface area (Å²) in [7, 11) is -6.43. The molecule has 6 nitrogen and oxygen atoms in total. The molecule has 118 valence electrons. The highest BCUT2D eigenvalue weighted by molar-refractivity contribution is 7.91. The predicted octanol–water partition coefficient (Wildman–Crippen LogP) is 0.0152. The van der Waals surface area contributed by atoms with Crippen LogP contribution >= 0.6 is 0 Å². The first-order valence-corrected chi connectivity index (χ1v) is 10.8. The lowest BCUT2D eigenvalue weighted by molar-refractivity contribution is 0.515. The van der Waals surface area contributed by atoms with E-state index in [0.29, 0.717) is 25.3 Å². The molecule has 2 rings (SSSR count). The summed E-state index contributed by atoms with van der Waals surface area (Å²) < 4.78 is 49.3. The summed E-state index contributed by atoms with van der Waals surface area (Å²) in [5.74, 6) is 0.198. The van der Waals surface area contributed by atoms with Crippen molar-refractivity contribution in [2.24, 2.45) is 0 Å². The first-order valence-electron chi connectivity index (χ1n) is 7.30. The second kappa shape index (κ2) is 6.72. The molecule has 1 unspecified atom stereocenters. The van der Waals surface area contributed by atoms with Gasteiger partial charge in [-0.1, -0.05) is 0 Å². The van der Waals surface area contributed by atoms with E-state index in [1.54, 1.807) is 0 Å². The fourth-order valence-electron chi connectivity index (χ4n) is 2.44. The van der Waals surface area contributed by atoms with Crippen LogP contribution in [-0.4, -0.2) is 52.7 Å². The van der Waals surface area contributed by atoms with Gasteiger partial charge >= 0.3 is 0 Å². The van der Waals surface area contributed by atoms with Crippen molar-refractivity contribution in [2.75, 3.05) is 23.8 Å². The standard InChI is InChI=1S/C12H24N2O4S2/c15-19(16)8-3-4-12(10-19)14-20(17,18)9-2-1-7-13-11-5-6-11/h11-14H,1-10H2. The Kier molecular flexibility index (Phi) is 5.44. The van der Waals surface area contributed by atoms with Gasteiger partial charge in [0.2, 0.25) is 10.0 Å². The molecule has 0 aromatic rings. The lowest BCUT2D eigenvalue weighted by Gasteiger charge is -2.22. The number of sulfonamides is 1. The van der Waals surface area contributed by atoms with Crippen LogP contribution < -0.4 is 10.0 Å². The van der Waals surface area contributed by atoms with Crippen molar-refractivity contribution in [3.05, 3.63) is 0 Å². The second-order valence-electron chi connectivity index (χ2n) is 5.83. The molecule has 2 fully saturated rings. The normalized spacial score (nSPS) is 26.5. The van der Waals surface area contributed by atoms with Crippen molar-refractivity contribution in [2.45, 2.75) is 50.6 Å². The van der Waals surface area contributed by atoms with Gasteiger partial charge in [0.25, 0.3) is 0 Å². The molecule has 1 saturated heterocycles. The lowest BCUT2D eigenvalue weighted by atomic mass is 10.2. The summed E-state index contributed by atoms with van der Waals surface area (Å²) in [6.07, 6.45) is 5.06. The van der Waals surface area contributed by atoms with Crippen LogP contribution in [0.4, 0.5) is 0 Å². The van der Waals surface area contributed by atoms with Gasteiger partial charge in [-0.15, -0.1) is 0 Å². The molecule has 1 heterocycles. The molecular formula is C12H24N2O4S2. The highest BCUT2D eigenvalue weighted by Gasteiger charge is 2.27. The highest BCUT2D eigenvalue weighted by atomic mass is 32.2. The Morgan fingerprint density at radius 2 is 1.80 bits per heavy atom. The zero-order chi connectivity index (χ0) is 14.6. The number of nitrogens with one attached hydrogen (secondary N) is 2. The monoisotopic (exact) mass is 324 g/mol. The third kappa shape index (κ3) is 6.07. The van der Waals surface area contributed by atoms with Crippen LogP contribution in [0.5, 0.6) is 0 Å². The maximum absolute atomic E-state index is 11.9. The van der Waals surface area contributed by atoms with Crippen LogP contribution in [-0.2, 0) is 19.9 Å². The molecule has 2 aliphatic rings. The topological polar surface area (TPSA) is 92.3 Å². The van der Waals surface area contributed by atoms with Gasteiger partial charge in [0, 0.05) is 12.1 Å². The van der Waals surface area contributed by atoms with E-state index < -0.39 is 25.9 Å². The third-order valence-electron chi connectivity index (χ3n) is 3.66. The largest absolute Gasteiger partial charge is 0.314 e. The maximum Gasteiger partial charge on any atom is 0.211 e. The van der Waals surface area contributed by atoms with E-state index in [0.717, 1.165) is 13.0 Å². The van der Waals surface area contributed by atoms with Crippen molar-refractivity contribution in [1.29, 1.82) is 0 Å². The maximum atomic E-state index is 11.9. The van der Waals surface area contributed by atoms with Crippen molar-refractivity contribution < 1.29 is 16.8 Å². The van der Waals surface area contributed by atoms with Crippen LogP contribution in [0.15, 0.2) is 0 Å². The van der Waals surface area contributed by atoms with Crippen molar-refractivity contribution in [1.82, 2.24) is 10.0 Å². The van der Waals surface area contributed by atoms with Crippen molar-refractivity contribution >= 4 is 19.9 Å². The van der Waals surface area contributed by atoms with E-state index >= 15 is 0 Å². The highest BCUT2D eigenvalue weighted by Crippen LogP contribution is 2.18. The van der Waals surface area contributed by atoms with Gasteiger partial charge in [-0.05, 0) is 45.1 Å². The van der Waals surface area contributed by atoms with Gasteiger partial charge in [0.05, 0.1) is 17.3 Å². The minimum Gasteiger partial charge on any atom is -0.314 e. The molecule has 0 amide bonds. The number of unbranched alkanes of at least 4 members (excludes halogenated alkanes) is 1. The average Bonchev–Trinajstić information content (AvgIpc) is 3.10. The Hall–Kier alpha value is -0.180. The van der Waals surface area contributed by atoms with E-state index in [4.69, 9.17) is 0 Å². The summed E-state index contributed by atoms with van der Waals surface area (Å²) in [6.45, 7) is 0.859. The summed E-state index contributed by atoms with van der Waals surface area (Å²) >= 11 is 0. The molecule has 0 bridgehead atoms. The molecule has 1 saturated carbocycles. The molecule has 1 aliphatic carbocycles. The Bertz CT molecular complexity index is 512. The molecule has 2 N–H and O–H groups in total. The molecule has 1 atom stereocenters. The Labute approximate surface area is 121 Å². The van der Waals surface area contributed by atoms with Gasteiger partial charge in [-0.25, -0.2) is 21.6 Å². The summed E-state index contributed by atoms with van der Waals surface area (Å²) in [6, 6.07) is 0.209. The number of hydrogen-bond acceptors (Lipinski definition) is 5. The number of sulfone groups is 1. The minimum atomic E-state index is -3.36. The number of rotatable bonds is 8.